The number of rotatable bonds is 7. The van der Waals surface area contributed by atoms with E-state index in [1.54, 1.807) is 12.1 Å². The minimum Gasteiger partial charge on any atom is -0.480 e. The number of nitrogens with one attached hydrogen (secondary N) is 1. The third kappa shape index (κ3) is 5.92. The van der Waals surface area contributed by atoms with Crippen LogP contribution in [0.3, 0.4) is 0 Å². The van der Waals surface area contributed by atoms with Gasteiger partial charge in [-0.25, -0.2) is 4.79 Å². The van der Waals surface area contributed by atoms with Crippen LogP contribution in [-0.2, 0) is 32.5 Å². The van der Waals surface area contributed by atoms with Crippen molar-refractivity contribution >= 4 is 22.0 Å². The summed E-state index contributed by atoms with van der Waals surface area (Å²) in [6.45, 7) is 1.93. The second-order valence-corrected chi connectivity index (χ2v) is 6.00. The number of amides is 1. The Labute approximate surface area is 122 Å². The SMILES string of the molecule is CCc1ccccc1CC(=O)NC(CS(=O)(=O)O)C(=O)O. The molecule has 1 rings (SSSR count). The summed E-state index contributed by atoms with van der Waals surface area (Å²) in [4.78, 5) is 22.7. The number of aryl methyl sites for hydroxylation is 1. The van der Waals surface area contributed by atoms with Crippen LogP contribution >= 0.6 is 0 Å². The van der Waals surface area contributed by atoms with Crippen LogP contribution in [0.25, 0.3) is 0 Å². The monoisotopic (exact) mass is 315 g/mol. The summed E-state index contributed by atoms with van der Waals surface area (Å²) >= 11 is 0. The molecule has 0 spiro atoms. The molecule has 0 radical (unpaired) electrons. The van der Waals surface area contributed by atoms with Gasteiger partial charge in [0.1, 0.15) is 11.8 Å². The molecule has 0 fully saturated rings. The molecule has 1 unspecified atom stereocenters. The average Bonchev–Trinajstić information content (AvgIpc) is 2.36. The Morgan fingerprint density at radius 3 is 2.29 bits per heavy atom. The molecule has 0 aliphatic heterocycles. The zero-order valence-corrected chi connectivity index (χ0v) is 12.3. The van der Waals surface area contributed by atoms with Crippen molar-refractivity contribution in [1.29, 1.82) is 0 Å². The maximum atomic E-state index is 11.8. The Hall–Kier alpha value is -1.93. The van der Waals surface area contributed by atoms with Gasteiger partial charge in [0.15, 0.2) is 0 Å². The quantitative estimate of drug-likeness (QED) is 0.620. The van der Waals surface area contributed by atoms with E-state index in [2.05, 4.69) is 5.32 Å². The Bertz CT molecular complexity index is 625. The first kappa shape index (κ1) is 17.1. The minimum absolute atomic E-state index is 0.0563. The molecule has 1 atom stereocenters. The van der Waals surface area contributed by atoms with Crippen molar-refractivity contribution in [3.05, 3.63) is 35.4 Å². The van der Waals surface area contributed by atoms with Crippen LogP contribution < -0.4 is 5.32 Å². The molecule has 0 saturated carbocycles. The van der Waals surface area contributed by atoms with Gasteiger partial charge in [0.2, 0.25) is 5.91 Å². The largest absolute Gasteiger partial charge is 0.480 e. The molecule has 3 N–H and O–H groups in total. The lowest BCUT2D eigenvalue weighted by atomic mass is 10.0. The van der Waals surface area contributed by atoms with Gasteiger partial charge in [0, 0.05) is 0 Å². The van der Waals surface area contributed by atoms with Crippen LogP contribution in [-0.4, -0.2) is 41.7 Å². The average molecular weight is 315 g/mol. The van der Waals surface area contributed by atoms with Crippen molar-refractivity contribution in [3.63, 3.8) is 0 Å². The van der Waals surface area contributed by atoms with Gasteiger partial charge in [-0.1, -0.05) is 31.2 Å². The zero-order chi connectivity index (χ0) is 16.0. The van der Waals surface area contributed by atoms with E-state index in [-0.39, 0.29) is 6.42 Å². The standard InChI is InChI=1S/C13H17NO6S/c1-2-9-5-3-4-6-10(9)7-12(15)14-11(13(16)17)8-21(18,19)20/h3-6,11H,2,7-8H2,1H3,(H,14,15)(H,16,17)(H,18,19,20). The van der Waals surface area contributed by atoms with Gasteiger partial charge in [-0.15, -0.1) is 0 Å². The van der Waals surface area contributed by atoms with E-state index < -0.39 is 33.8 Å². The molecule has 21 heavy (non-hydrogen) atoms. The fourth-order valence-corrected chi connectivity index (χ4v) is 2.53. The van der Waals surface area contributed by atoms with Crippen LogP contribution in [0.4, 0.5) is 0 Å². The first-order valence-electron chi connectivity index (χ1n) is 6.27. The van der Waals surface area contributed by atoms with Gasteiger partial charge >= 0.3 is 5.97 Å². The summed E-state index contributed by atoms with van der Waals surface area (Å²) in [5, 5.41) is 11.0. The number of carbonyl (C=O) groups is 2. The van der Waals surface area contributed by atoms with E-state index in [9.17, 15) is 18.0 Å². The molecule has 7 nitrogen and oxygen atoms in total. The van der Waals surface area contributed by atoms with Crippen molar-refractivity contribution in [2.75, 3.05) is 5.75 Å². The fourth-order valence-electron chi connectivity index (χ4n) is 1.88. The summed E-state index contributed by atoms with van der Waals surface area (Å²) in [6.07, 6.45) is 0.663. The van der Waals surface area contributed by atoms with E-state index in [1.807, 2.05) is 19.1 Å². The van der Waals surface area contributed by atoms with Crippen molar-refractivity contribution in [2.45, 2.75) is 25.8 Å². The molecule has 0 aromatic heterocycles. The maximum Gasteiger partial charge on any atom is 0.327 e. The van der Waals surface area contributed by atoms with E-state index in [4.69, 9.17) is 9.66 Å². The Balaban J connectivity index is 2.77. The molecule has 1 aromatic carbocycles. The molecule has 0 aliphatic rings. The van der Waals surface area contributed by atoms with Gasteiger partial charge in [0.05, 0.1) is 6.42 Å². The van der Waals surface area contributed by atoms with Crippen LogP contribution in [0.5, 0.6) is 0 Å². The number of carboxylic acids is 1. The van der Waals surface area contributed by atoms with Crippen LogP contribution in [0.15, 0.2) is 24.3 Å². The van der Waals surface area contributed by atoms with Gasteiger partial charge in [0.25, 0.3) is 10.1 Å². The molecule has 1 amide bonds. The van der Waals surface area contributed by atoms with Crippen molar-refractivity contribution in [2.24, 2.45) is 0 Å². The fraction of sp³-hybridized carbons (Fsp3) is 0.385. The maximum absolute atomic E-state index is 11.8. The van der Waals surface area contributed by atoms with Crippen molar-refractivity contribution in [3.8, 4) is 0 Å². The number of carbonyl (C=O) groups excluding carboxylic acids is 1. The van der Waals surface area contributed by atoms with Crippen molar-refractivity contribution in [1.82, 2.24) is 5.32 Å². The second kappa shape index (κ2) is 7.19. The smallest absolute Gasteiger partial charge is 0.327 e. The lowest BCUT2D eigenvalue weighted by Crippen LogP contribution is -2.45. The van der Waals surface area contributed by atoms with Crippen LogP contribution in [0.2, 0.25) is 0 Å². The van der Waals surface area contributed by atoms with Crippen LogP contribution in [0, 0.1) is 0 Å². The second-order valence-electron chi connectivity index (χ2n) is 4.51. The highest BCUT2D eigenvalue weighted by Crippen LogP contribution is 2.10. The minimum atomic E-state index is -4.50. The Morgan fingerprint density at radius 2 is 1.81 bits per heavy atom. The van der Waals surface area contributed by atoms with Gasteiger partial charge < -0.3 is 10.4 Å². The summed E-state index contributed by atoms with van der Waals surface area (Å²) in [6, 6.07) is 5.51. The van der Waals surface area contributed by atoms with Gasteiger partial charge in [-0.2, -0.15) is 8.42 Å². The van der Waals surface area contributed by atoms with E-state index >= 15 is 0 Å². The Morgan fingerprint density at radius 1 is 1.24 bits per heavy atom. The first-order valence-corrected chi connectivity index (χ1v) is 7.88. The van der Waals surface area contributed by atoms with E-state index in [0.717, 1.165) is 17.5 Å². The summed E-state index contributed by atoms with van der Waals surface area (Å²) < 4.78 is 30.1. The molecule has 8 heteroatoms. The van der Waals surface area contributed by atoms with E-state index in [0.29, 0.717) is 0 Å². The number of benzene rings is 1. The molecule has 0 saturated heterocycles. The normalized spacial score (nSPS) is 12.7. The number of hydrogen-bond acceptors (Lipinski definition) is 4. The summed E-state index contributed by atoms with van der Waals surface area (Å²) in [5.74, 6) is -3.21. The lowest BCUT2D eigenvalue weighted by Gasteiger charge is -2.14. The number of hydrogen-bond donors (Lipinski definition) is 3. The highest BCUT2D eigenvalue weighted by Gasteiger charge is 2.25. The number of carboxylic acid groups (broad SMARTS) is 1. The molecule has 116 valence electrons. The predicted molar refractivity (Wildman–Crippen MR) is 75.5 cm³/mol. The highest BCUT2D eigenvalue weighted by molar-refractivity contribution is 7.85. The molecule has 0 heterocycles. The van der Waals surface area contributed by atoms with Crippen LogP contribution in [0.1, 0.15) is 18.1 Å². The highest BCUT2D eigenvalue weighted by atomic mass is 32.2. The molecule has 1 aromatic rings. The lowest BCUT2D eigenvalue weighted by molar-refractivity contribution is -0.141. The van der Waals surface area contributed by atoms with Gasteiger partial charge in [-0.05, 0) is 17.5 Å². The third-order valence-corrected chi connectivity index (χ3v) is 3.62. The first-order chi connectivity index (χ1) is 9.73. The number of aliphatic carboxylic acids is 1. The molecular weight excluding hydrogens is 298 g/mol. The molecule has 0 aliphatic carbocycles. The predicted octanol–water partition coefficient (Wildman–Crippen LogP) is 0.249. The van der Waals surface area contributed by atoms with Crippen molar-refractivity contribution < 1.29 is 27.7 Å². The van der Waals surface area contributed by atoms with E-state index in [1.165, 1.54) is 0 Å². The topological polar surface area (TPSA) is 121 Å². The summed E-state index contributed by atoms with van der Waals surface area (Å²) in [5.41, 5.74) is 1.70. The van der Waals surface area contributed by atoms with Gasteiger partial charge in [-0.3, -0.25) is 9.35 Å². The molecule has 0 bridgehead atoms. The Kier molecular flexibility index (Phi) is 5.86. The zero-order valence-electron chi connectivity index (χ0n) is 11.4. The third-order valence-electron chi connectivity index (χ3n) is 2.86. The summed E-state index contributed by atoms with van der Waals surface area (Å²) in [7, 11) is -4.50. The molecular formula is C13H17NO6S.